The number of hydrogen-bond donors (Lipinski definition) is 1. The van der Waals surface area contributed by atoms with Gasteiger partial charge < -0.3 is 9.88 Å². The van der Waals surface area contributed by atoms with Crippen LogP contribution in [0.25, 0.3) is 17.1 Å². The summed E-state index contributed by atoms with van der Waals surface area (Å²) in [4.78, 5) is 16.3. The molecule has 0 saturated carbocycles. The Kier molecular flexibility index (Phi) is 6.14. The Morgan fingerprint density at radius 2 is 1.94 bits per heavy atom. The average molecular weight is 477 g/mol. The molecule has 0 aliphatic rings. The molecule has 2 heterocycles. The number of hydrogen-bond acceptors (Lipinski definition) is 6. The maximum Gasteiger partial charge on any atom is 0.416 e. The van der Waals surface area contributed by atoms with Gasteiger partial charge in [-0.05, 0) is 30.3 Å². The number of halogens is 4. The lowest BCUT2D eigenvalue weighted by atomic mass is 10.1. The van der Waals surface area contributed by atoms with Gasteiger partial charge in [-0.25, -0.2) is 14.1 Å². The zero-order valence-corrected chi connectivity index (χ0v) is 17.7. The maximum atomic E-state index is 14.0. The van der Waals surface area contributed by atoms with E-state index in [9.17, 15) is 22.4 Å². The molecule has 2 aromatic carbocycles. The summed E-state index contributed by atoms with van der Waals surface area (Å²) < 4.78 is 56.3. The van der Waals surface area contributed by atoms with E-state index in [-0.39, 0.29) is 28.5 Å². The molecule has 0 aliphatic heterocycles. The second-order valence-electron chi connectivity index (χ2n) is 6.75. The lowest BCUT2D eigenvalue weighted by molar-refractivity contribution is -0.137. The van der Waals surface area contributed by atoms with E-state index in [2.05, 4.69) is 25.6 Å². The standard InChI is InChI=1S/C20H15F4N7OS/c1-30-18(13-4-2-3-5-14(13)21)28-29-19(30)33-9-17(32)27-15-8-12(20(22,23)24)6-7-16(15)31-11-25-10-26-31/h2-8,10-11H,9H2,1H3,(H,27,32). The van der Waals surface area contributed by atoms with Gasteiger partial charge in [0.15, 0.2) is 11.0 Å². The van der Waals surface area contributed by atoms with Crippen molar-refractivity contribution >= 4 is 23.4 Å². The molecule has 0 fully saturated rings. The molecular weight excluding hydrogens is 462 g/mol. The summed E-state index contributed by atoms with van der Waals surface area (Å²) in [5.41, 5.74) is -0.521. The van der Waals surface area contributed by atoms with E-state index in [1.807, 2.05) is 0 Å². The van der Waals surface area contributed by atoms with E-state index >= 15 is 0 Å². The zero-order chi connectivity index (χ0) is 23.6. The Bertz CT molecular complexity index is 1290. The molecule has 2 aromatic heterocycles. The maximum absolute atomic E-state index is 14.0. The highest BCUT2D eigenvalue weighted by Gasteiger charge is 2.31. The molecule has 33 heavy (non-hydrogen) atoms. The van der Waals surface area contributed by atoms with Crippen LogP contribution >= 0.6 is 11.8 Å². The normalized spacial score (nSPS) is 11.5. The minimum Gasteiger partial charge on any atom is -0.323 e. The second-order valence-corrected chi connectivity index (χ2v) is 7.69. The molecule has 1 N–H and O–H groups in total. The average Bonchev–Trinajstić information content (AvgIpc) is 3.42. The fraction of sp³-hybridized carbons (Fsp3) is 0.150. The van der Waals surface area contributed by atoms with E-state index in [0.717, 1.165) is 23.9 Å². The minimum absolute atomic E-state index is 0.0778. The van der Waals surface area contributed by atoms with Gasteiger partial charge >= 0.3 is 6.18 Å². The molecule has 1 amide bonds. The van der Waals surface area contributed by atoms with Crippen molar-refractivity contribution < 1.29 is 22.4 Å². The molecule has 8 nitrogen and oxygen atoms in total. The number of rotatable bonds is 6. The molecule has 0 saturated heterocycles. The van der Waals surface area contributed by atoms with Crippen molar-refractivity contribution in [3.05, 3.63) is 66.5 Å². The summed E-state index contributed by atoms with van der Waals surface area (Å²) in [6.45, 7) is 0. The van der Waals surface area contributed by atoms with Crippen molar-refractivity contribution in [2.45, 2.75) is 11.3 Å². The van der Waals surface area contributed by atoms with Crippen LogP contribution in [0.2, 0.25) is 0 Å². The first kappa shape index (κ1) is 22.5. The molecule has 170 valence electrons. The van der Waals surface area contributed by atoms with Crippen molar-refractivity contribution in [2.24, 2.45) is 7.05 Å². The fourth-order valence-electron chi connectivity index (χ4n) is 2.98. The van der Waals surface area contributed by atoms with Crippen molar-refractivity contribution in [3.8, 4) is 17.1 Å². The van der Waals surface area contributed by atoms with Gasteiger partial charge in [-0.1, -0.05) is 23.9 Å². The summed E-state index contributed by atoms with van der Waals surface area (Å²) >= 11 is 1.01. The molecular formula is C20H15F4N7OS. The fourth-order valence-corrected chi connectivity index (χ4v) is 3.69. The molecule has 0 spiro atoms. The third kappa shape index (κ3) is 4.87. The number of anilines is 1. The monoisotopic (exact) mass is 477 g/mol. The Morgan fingerprint density at radius 1 is 1.15 bits per heavy atom. The van der Waals surface area contributed by atoms with Gasteiger partial charge in [0.2, 0.25) is 5.91 Å². The van der Waals surface area contributed by atoms with E-state index in [1.165, 1.54) is 34.0 Å². The van der Waals surface area contributed by atoms with Gasteiger partial charge in [0.25, 0.3) is 0 Å². The number of carbonyl (C=O) groups is 1. The van der Waals surface area contributed by atoms with Crippen LogP contribution in [0.3, 0.4) is 0 Å². The zero-order valence-electron chi connectivity index (χ0n) is 16.9. The largest absolute Gasteiger partial charge is 0.416 e. The highest BCUT2D eigenvalue weighted by atomic mass is 32.2. The Balaban J connectivity index is 1.51. The Hall–Kier alpha value is -3.74. The summed E-state index contributed by atoms with van der Waals surface area (Å²) in [5, 5.41) is 14.7. The Morgan fingerprint density at radius 3 is 2.64 bits per heavy atom. The van der Waals surface area contributed by atoms with Crippen LogP contribution in [0.5, 0.6) is 0 Å². The second kappa shape index (κ2) is 9.02. The molecule has 0 bridgehead atoms. The summed E-state index contributed by atoms with van der Waals surface area (Å²) in [6, 6.07) is 8.99. The van der Waals surface area contributed by atoms with Crippen molar-refractivity contribution in [1.82, 2.24) is 29.5 Å². The summed E-state index contributed by atoms with van der Waals surface area (Å²) in [7, 11) is 1.62. The molecule has 0 radical (unpaired) electrons. The summed E-state index contributed by atoms with van der Waals surface area (Å²) in [6.07, 6.45) is -2.06. The van der Waals surface area contributed by atoms with Crippen LogP contribution in [-0.2, 0) is 18.0 Å². The SMILES string of the molecule is Cn1c(SCC(=O)Nc2cc(C(F)(F)F)ccc2-n2cncn2)nnc1-c1ccccc1F. The van der Waals surface area contributed by atoms with Crippen LogP contribution in [-0.4, -0.2) is 41.2 Å². The lowest BCUT2D eigenvalue weighted by Crippen LogP contribution is -2.17. The quantitative estimate of drug-likeness (QED) is 0.334. The van der Waals surface area contributed by atoms with Crippen molar-refractivity contribution in [2.75, 3.05) is 11.1 Å². The first-order valence-electron chi connectivity index (χ1n) is 9.37. The third-order valence-corrected chi connectivity index (χ3v) is 5.57. The number of nitrogens with one attached hydrogen (secondary N) is 1. The van der Waals surface area contributed by atoms with E-state index in [1.54, 1.807) is 25.2 Å². The predicted molar refractivity (Wildman–Crippen MR) is 112 cm³/mol. The highest BCUT2D eigenvalue weighted by Crippen LogP contribution is 2.33. The van der Waals surface area contributed by atoms with Crippen molar-refractivity contribution in [1.29, 1.82) is 0 Å². The van der Waals surface area contributed by atoms with E-state index in [0.29, 0.717) is 5.16 Å². The topological polar surface area (TPSA) is 90.5 Å². The van der Waals surface area contributed by atoms with Crippen LogP contribution in [0.15, 0.2) is 60.3 Å². The van der Waals surface area contributed by atoms with E-state index < -0.39 is 23.5 Å². The number of alkyl halides is 3. The lowest BCUT2D eigenvalue weighted by Gasteiger charge is -2.14. The third-order valence-electron chi connectivity index (χ3n) is 4.55. The van der Waals surface area contributed by atoms with Crippen LogP contribution in [0.4, 0.5) is 23.2 Å². The molecule has 0 unspecified atom stereocenters. The molecule has 0 aliphatic carbocycles. The van der Waals surface area contributed by atoms with Gasteiger partial charge in [0.05, 0.1) is 28.3 Å². The number of benzene rings is 2. The van der Waals surface area contributed by atoms with Gasteiger partial charge in [-0.2, -0.15) is 18.3 Å². The summed E-state index contributed by atoms with van der Waals surface area (Å²) in [5.74, 6) is -0.929. The Labute approximate surface area is 188 Å². The number of thioether (sulfide) groups is 1. The van der Waals surface area contributed by atoms with Gasteiger partial charge in [0, 0.05) is 7.05 Å². The number of aromatic nitrogens is 6. The van der Waals surface area contributed by atoms with Crippen LogP contribution in [0.1, 0.15) is 5.56 Å². The first-order valence-corrected chi connectivity index (χ1v) is 10.4. The highest BCUT2D eigenvalue weighted by molar-refractivity contribution is 7.99. The molecule has 4 aromatic rings. The van der Waals surface area contributed by atoms with Crippen LogP contribution in [0, 0.1) is 5.82 Å². The van der Waals surface area contributed by atoms with Gasteiger partial charge in [-0.3, -0.25) is 4.79 Å². The first-order chi connectivity index (χ1) is 15.7. The molecule has 0 atom stereocenters. The van der Waals surface area contributed by atoms with Gasteiger partial charge in [-0.15, -0.1) is 10.2 Å². The van der Waals surface area contributed by atoms with E-state index in [4.69, 9.17) is 0 Å². The van der Waals surface area contributed by atoms with Gasteiger partial charge in [0.1, 0.15) is 18.5 Å². The van der Waals surface area contributed by atoms with Crippen molar-refractivity contribution in [3.63, 3.8) is 0 Å². The number of amides is 1. The molecule has 4 rings (SSSR count). The van der Waals surface area contributed by atoms with Crippen LogP contribution < -0.4 is 5.32 Å². The molecule has 13 heteroatoms. The number of carbonyl (C=O) groups excluding carboxylic acids is 1. The minimum atomic E-state index is -4.59. The predicted octanol–water partition coefficient (Wildman–Crippen LogP) is 3.95. The smallest absolute Gasteiger partial charge is 0.323 e. The number of nitrogens with zero attached hydrogens (tertiary/aromatic N) is 6.